The quantitative estimate of drug-likeness (QED) is 0.358. The molecule has 4 aromatic rings. The van der Waals surface area contributed by atoms with Crippen molar-refractivity contribution in [2.24, 2.45) is 0 Å². The maximum atomic E-state index is 6.34. The Hall–Kier alpha value is -2.64. The Kier molecular flexibility index (Phi) is 5.22. The van der Waals surface area contributed by atoms with E-state index in [1.807, 2.05) is 42.5 Å². The first kappa shape index (κ1) is 17.8. The lowest BCUT2D eigenvalue weighted by atomic mass is 10.1. The highest BCUT2D eigenvalue weighted by Crippen LogP contribution is 2.25. The molecule has 4 rings (SSSR count). The van der Waals surface area contributed by atoms with Crippen molar-refractivity contribution in [2.75, 3.05) is 7.11 Å². The molecule has 8 heteroatoms. The van der Waals surface area contributed by atoms with Gasteiger partial charge in [-0.15, -0.1) is 22.0 Å². The normalized spacial score (nSPS) is 11.0. The molecule has 6 nitrogen and oxygen atoms in total. The molecular formula is C19H16ClN5OS. The van der Waals surface area contributed by atoms with E-state index < -0.39 is 0 Å². The van der Waals surface area contributed by atoms with E-state index in [1.54, 1.807) is 18.9 Å². The Balaban J connectivity index is 1.50. The Morgan fingerprint density at radius 2 is 1.96 bits per heavy atom. The molecule has 0 amide bonds. The minimum atomic E-state index is 0.405. The van der Waals surface area contributed by atoms with E-state index in [0.717, 1.165) is 22.2 Å². The third kappa shape index (κ3) is 4.20. The van der Waals surface area contributed by atoms with Crippen LogP contribution in [-0.2, 0) is 12.3 Å². The van der Waals surface area contributed by atoms with Crippen molar-refractivity contribution < 1.29 is 4.74 Å². The standard InChI is InChI=1S/C19H16ClN5OS/c1-26-15-7-8-17-13(10-15)9-14(19(20)21-17)11-25-23-18(22-24-25)12-27-16-5-3-2-4-6-16/h2-10H,11-12H2,1H3. The Morgan fingerprint density at radius 1 is 1.11 bits per heavy atom. The molecule has 2 heterocycles. The maximum absolute atomic E-state index is 6.34. The number of hydrogen-bond donors (Lipinski definition) is 0. The highest BCUT2D eigenvalue weighted by atomic mass is 35.5. The van der Waals surface area contributed by atoms with Crippen LogP contribution in [0.5, 0.6) is 5.75 Å². The average Bonchev–Trinajstić information content (AvgIpc) is 3.15. The SMILES string of the molecule is COc1ccc2nc(Cl)c(Cn3nnc(CSc4ccccc4)n3)cc2c1. The number of thioether (sulfide) groups is 1. The zero-order valence-electron chi connectivity index (χ0n) is 14.5. The number of hydrogen-bond acceptors (Lipinski definition) is 6. The van der Waals surface area contributed by atoms with Crippen molar-refractivity contribution >= 4 is 34.3 Å². The van der Waals surface area contributed by atoms with Gasteiger partial charge in [0, 0.05) is 15.8 Å². The number of fused-ring (bicyclic) bond motifs is 1. The minimum Gasteiger partial charge on any atom is -0.497 e. The van der Waals surface area contributed by atoms with Crippen LogP contribution in [0.15, 0.2) is 59.5 Å². The number of rotatable bonds is 6. The molecule has 0 saturated heterocycles. The first-order chi connectivity index (χ1) is 13.2. The summed E-state index contributed by atoms with van der Waals surface area (Å²) in [5, 5.41) is 14.1. The summed E-state index contributed by atoms with van der Waals surface area (Å²) in [5.41, 5.74) is 1.65. The topological polar surface area (TPSA) is 65.7 Å². The summed E-state index contributed by atoms with van der Waals surface area (Å²) in [6.07, 6.45) is 0. The lowest BCUT2D eigenvalue weighted by Gasteiger charge is -2.07. The number of pyridine rings is 1. The summed E-state index contributed by atoms with van der Waals surface area (Å²) in [5.74, 6) is 2.11. The first-order valence-electron chi connectivity index (χ1n) is 8.29. The van der Waals surface area contributed by atoms with Crippen LogP contribution >= 0.6 is 23.4 Å². The van der Waals surface area contributed by atoms with E-state index in [4.69, 9.17) is 16.3 Å². The maximum Gasteiger partial charge on any atom is 0.185 e. The van der Waals surface area contributed by atoms with Crippen LogP contribution in [0.2, 0.25) is 5.15 Å². The molecule has 0 spiro atoms. The molecule has 27 heavy (non-hydrogen) atoms. The molecule has 0 atom stereocenters. The van der Waals surface area contributed by atoms with Crippen molar-refractivity contribution in [3.8, 4) is 5.75 Å². The molecule has 0 fully saturated rings. The predicted octanol–water partition coefficient (Wildman–Crippen LogP) is 4.22. The largest absolute Gasteiger partial charge is 0.497 e. The van der Waals surface area contributed by atoms with Crippen LogP contribution in [0.1, 0.15) is 11.4 Å². The molecule has 0 unspecified atom stereocenters. The van der Waals surface area contributed by atoms with Gasteiger partial charge in [0.25, 0.3) is 0 Å². The van der Waals surface area contributed by atoms with Crippen molar-refractivity contribution in [1.82, 2.24) is 25.2 Å². The molecule has 0 aliphatic heterocycles. The molecule has 0 aliphatic carbocycles. The number of ether oxygens (including phenoxy) is 1. The van der Waals surface area contributed by atoms with Gasteiger partial charge in [-0.2, -0.15) is 4.80 Å². The van der Waals surface area contributed by atoms with Gasteiger partial charge in [-0.1, -0.05) is 29.8 Å². The smallest absolute Gasteiger partial charge is 0.185 e. The second-order valence-electron chi connectivity index (χ2n) is 5.83. The van der Waals surface area contributed by atoms with E-state index in [2.05, 4.69) is 32.5 Å². The average molecular weight is 398 g/mol. The van der Waals surface area contributed by atoms with E-state index in [9.17, 15) is 0 Å². The fourth-order valence-electron chi connectivity index (χ4n) is 2.63. The third-order valence-electron chi connectivity index (χ3n) is 3.97. The fourth-order valence-corrected chi connectivity index (χ4v) is 3.60. The number of aromatic nitrogens is 5. The van der Waals surface area contributed by atoms with Gasteiger partial charge < -0.3 is 4.74 Å². The summed E-state index contributed by atoms with van der Waals surface area (Å²) in [4.78, 5) is 7.15. The number of methoxy groups -OCH3 is 1. The van der Waals surface area contributed by atoms with Gasteiger partial charge in [-0.25, -0.2) is 4.98 Å². The zero-order chi connectivity index (χ0) is 18.6. The van der Waals surface area contributed by atoms with Gasteiger partial charge in [-0.3, -0.25) is 0 Å². The first-order valence-corrected chi connectivity index (χ1v) is 9.65. The molecule has 0 radical (unpaired) electrons. The van der Waals surface area contributed by atoms with Crippen molar-refractivity contribution in [2.45, 2.75) is 17.2 Å². The van der Waals surface area contributed by atoms with Gasteiger partial charge in [0.05, 0.1) is 24.9 Å². The monoisotopic (exact) mass is 397 g/mol. The third-order valence-corrected chi connectivity index (χ3v) is 5.30. The van der Waals surface area contributed by atoms with Gasteiger partial charge >= 0.3 is 0 Å². The second-order valence-corrected chi connectivity index (χ2v) is 7.24. The Morgan fingerprint density at radius 3 is 2.78 bits per heavy atom. The van der Waals surface area contributed by atoms with E-state index in [0.29, 0.717) is 23.3 Å². The summed E-state index contributed by atoms with van der Waals surface area (Å²) in [6, 6.07) is 17.8. The van der Waals surface area contributed by atoms with Gasteiger partial charge in [-0.05, 0) is 41.6 Å². The summed E-state index contributed by atoms with van der Waals surface area (Å²) in [6.45, 7) is 0.405. The van der Waals surface area contributed by atoms with Gasteiger partial charge in [0.15, 0.2) is 5.82 Å². The molecule has 0 aliphatic rings. The lowest BCUT2D eigenvalue weighted by Crippen LogP contribution is -2.05. The van der Waals surface area contributed by atoms with Crippen LogP contribution in [0, 0.1) is 0 Å². The molecule has 2 aromatic heterocycles. The predicted molar refractivity (Wildman–Crippen MR) is 106 cm³/mol. The summed E-state index contributed by atoms with van der Waals surface area (Å²) in [7, 11) is 1.64. The molecule has 136 valence electrons. The lowest BCUT2D eigenvalue weighted by molar-refractivity contribution is 0.415. The van der Waals surface area contributed by atoms with Crippen LogP contribution < -0.4 is 4.74 Å². The molecule has 0 saturated carbocycles. The van der Waals surface area contributed by atoms with Crippen molar-refractivity contribution in [3.05, 3.63) is 71.1 Å². The van der Waals surface area contributed by atoms with Crippen LogP contribution in [0.25, 0.3) is 10.9 Å². The Labute approximate surface area is 165 Å². The number of benzene rings is 2. The zero-order valence-corrected chi connectivity index (χ0v) is 16.1. The summed E-state index contributed by atoms with van der Waals surface area (Å²) >= 11 is 8.01. The molecular weight excluding hydrogens is 382 g/mol. The van der Waals surface area contributed by atoms with Crippen LogP contribution in [0.3, 0.4) is 0 Å². The van der Waals surface area contributed by atoms with Crippen LogP contribution in [-0.4, -0.2) is 32.3 Å². The molecule has 0 N–H and O–H groups in total. The van der Waals surface area contributed by atoms with Crippen molar-refractivity contribution in [3.63, 3.8) is 0 Å². The number of tetrazole rings is 1. The second kappa shape index (κ2) is 7.94. The number of nitrogens with zero attached hydrogens (tertiary/aromatic N) is 5. The Bertz CT molecular complexity index is 1070. The summed E-state index contributed by atoms with van der Waals surface area (Å²) < 4.78 is 5.27. The highest BCUT2D eigenvalue weighted by molar-refractivity contribution is 7.98. The van der Waals surface area contributed by atoms with E-state index in [-0.39, 0.29) is 0 Å². The van der Waals surface area contributed by atoms with Crippen LogP contribution in [0.4, 0.5) is 0 Å². The molecule has 0 bridgehead atoms. The fraction of sp³-hybridized carbons (Fsp3) is 0.158. The van der Waals surface area contributed by atoms with E-state index in [1.165, 1.54) is 9.69 Å². The highest BCUT2D eigenvalue weighted by Gasteiger charge is 2.10. The van der Waals surface area contributed by atoms with Gasteiger partial charge in [0.2, 0.25) is 0 Å². The van der Waals surface area contributed by atoms with E-state index >= 15 is 0 Å². The number of halogens is 1. The minimum absolute atomic E-state index is 0.405. The van der Waals surface area contributed by atoms with Crippen molar-refractivity contribution in [1.29, 1.82) is 0 Å². The molecule has 2 aromatic carbocycles. The van der Waals surface area contributed by atoms with Gasteiger partial charge in [0.1, 0.15) is 10.9 Å².